The van der Waals surface area contributed by atoms with Gasteiger partial charge in [-0.3, -0.25) is 9.59 Å². The summed E-state index contributed by atoms with van der Waals surface area (Å²) in [7, 11) is 0. The summed E-state index contributed by atoms with van der Waals surface area (Å²) in [5, 5.41) is 3.91. The van der Waals surface area contributed by atoms with Crippen LogP contribution in [0, 0.1) is 26.7 Å². The lowest BCUT2D eigenvalue weighted by Crippen LogP contribution is -2.28. The minimum atomic E-state index is -0.395. The lowest BCUT2D eigenvalue weighted by atomic mass is 10.1. The van der Waals surface area contributed by atoms with Crippen molar-refractivity contribution in [3.63, 3.8) is 0 Å². The number of carbonyl (C=O) groups is 2. The van der Waals surface area contributed by atoms with Crippen LogP contribution in [0.5, 0.6) is 0 Å². The van der Waals surface area contributed by atoms with E-state index in [1.54, 1.807) is 11.1 Å². The van der Waals surface area contributed by atoms with Crippen molar-refractivity contribution in [2.24, 2.45) is 5.92 Å². The Hall–Kier alpha value is -3.58. The number of rotatable bonds is 4. The molecule has 5 rings (SSSR count). The highest BCUT2D eigenvalue weighted by atomic mass is 32.1. The summed E-state index contributed by atoms with van der Waals surface area (Å²) < 4.78 is 0. The van der Waals surface area contributed by atoms with E-state index in [0.29, 0.717) is 6.54 Å². The van der Waals surface area contributed by atoms with E-state index in [2.05, 4.69) is 15.3 Å². The van der Waals surface area contributed by atoms with Crippen LogP contribution in [0.2, 0.25) is 0 Å². The molecule has 7 heteroatoms. The summed E-state index contributed by atoms with van der Waals surface area (Å²) in [6.07, 6.45) is 1.97. The maximum Gasteiger partial charge on any atom is 0.229 e. The molecule has 0 bridgehead atoms. The van der Waals surface area contributed by atoms with E-state index in [9.17, 15) is 9.59 Å². The molecule has 2 amide bonds. The van der Waals surface area contributed by atoms with Crippen molar-refractivity contribution in [1.82, 2.24) is 9.97 Å². The van der Waals surface area contributed by atoms with Crippen molar-refractivity contribution >= 4 is 44.9 Å². The van der Waals surface area contributed by atoms with Gasteiger partial charge in [0.1, 0.15) is 15.4 Å². The zero-order chi connectivity index (χ0) is 23.1. The summed E-state index contributed by atoms with van der Waals surface area (Å²) in [5.41, 5.74) is 6.65. The van der Waals surface area contributed by atoms with E-state index in [4.69, 9.17) is 0 Å². The average molecular weight is 457 g/mol. The molecule has 1 aliphatic heterocycles. The van der Waals surface area contributed by atoms with Crippen molar-refractivity contribution in [2.75, 3.05) is 16.8 Å². The maximum atomic E-state index is 13.1. The van der Waals surface area contributed by atoms with Gasteiger partial charge < -0.3 is 10.2 Å². The zero-order valence-electron chi connectivity index (χ0n) is 18.8. The fraction of sp³-hybridized carbons (Fsp3) is 0.231. The minimum Gasteiger partial charge on any atom is -0.326 e. The smallest absolute Gasteiger partial charge is 0.229 e. The van der Waals surface area contributed by atoms with Crippen LogP contribution in [0.4, 0.5) is 11.4 Å². The molecular weight excluding hydrogens is 432 g/mol. The van der Waals surface area contributed by atoms with Crippen LogP contribution in [0.25, 0.3) is 20.9 Å². The van der Waals surface area contributed by atoms with Gasteiger partial charge in [0, 0.05) is 36.1 Å². The van der Waals surface area contributed by atoms with Crippen LogP contribution in [-0.4, -0.2) is 28.3 Å². The molecule has 33 heavy (non-hydrogen) atoms. The van der Waals surface area contributed by atoms with Gasteiger partial charge in [0.2, 0.25) is 11.8 Å². The highest BCUT2D eigenvalue weighted by molar-refractivity contribution is 7.21. The van der Waals surface area contributed by atoms with Crippen molar-refractivity contribution in [3.8, 4) is 10.6 Å². The Morgan fingerprint density at radius 3 is 2.67 bits per heavy atom. The predicted octanol–water partition coefficient (Wildman–Crippen LogP) is 5.28. The molecule has 166 valence electrons. The van der Waals surface area contributed by atoms with Crippen molar-refractivity contribution in [3.05, 3.63) is 71.4 Å². The van der Waals surface area contributed by atoms with Crippen LogP contribution in [0.15, 0.2) is 54.7 Å². The van der Waals surface area contributed by atoms with Crippen LogP contribution in [-0.2, 0) is 9.59 Å². The zero-order valence-corrected chi connectivity index (χ0v) is 19.6. The average Bonchev–Trinajstić information content (AvgIpc) is 3.41. The molecule has 2 aromatic heterocycles. The number of carbonyl (C=O) groups excluding carboxylic acids is 2. The molecule has 0 spiro atoms. The monoisotopic (exact) mass is 456 g/mol. The van der Waals surface area contributed by atoms with Crippen molar-refractivity contribution < 1.29 is 9.59 Å². The quantitative estimate of drug-likeness (QED) is 0.454. The lowest BCUT2D eigenvalue weighted by molar-refractivity contribution is -0.122. The molecule has 2 aromatic carbocycles. The second-order valence-electron chi connectivity index (χ2n) is 8.54. The Kier molecular flexibility index (Phi) is 5.42. The summed E-state index contributed by atoms with van der Waals surface area (Å²) in [6.45, 7) is 6.42. The van der Waals surface area contributed by atoms with E-state index in [1.807, 2.05) is 69.3 Å². The van der Waals surface area contributed by atoms with Gasteiger partial charge in [-0.1, -0.05) is 29.5 Å². The summed E-state index contributed by atoms with van der Waals surface area (Å²) in [4.78, 5) is 37.4. The van der Waals surface area contributed by atoms with Gasteiger partial charge in [-0.05, 0) is 67.8 Å². The third-order valence-electron chi connectivity index (χ3n) is 6.21. The van der Waals surface area contributed by atoms with Crippen LogP contribution < -0.4 is 10.2 Å². The molecule has 3 heterocycles. The first-order valence-corrected chi connectivity index (χ1v) is 11.7. The molecular formula is C26H24N4O2S. The number of anilines is 2. The van der Waals surface area contributed by atoms with Crippen molar-refractivity contribution in [1.29, 1.82) is 0 Å². The topological polar surface area (TPSA) is 75.2 Å². The predicted molar refractivity (Wildman–Crippen MR) is 133 cm³/mol. The molecule has 1 atom stereocenters. The van der Waals surface area contributed by atoms with Gasteiger partial charge >= 0.3 is 0 Å². The SMILES string of the molecule is Cc1ccc(N2CC(C(=O)Nc3cc(-c4nc5cccnc5s4)ccc3C)CC2=O)cc1C. The number of benzene rings is 2. The maximum absolute atomic E-state index is 13.1. The molecule has 1 aliphatic rings. The first-order valence-electron chi connectivity index (χ1n) is 10.9. The summed E-state index contributed by atoms with van der Waals surface area (Å²) in [5.74, 6) is -0.555. The number of aryl methyl sites for hydroxylation is 3. The molecule has 1 N–H and O–H groups in total. The fourth-order valence-corrected chi connectivity index (χ4v) is 4.95. The molecule has 0 saturated carbocycles. The minimum absolute atomic E-state index is 0.0224. The van der Waals surface area contributed by atoms with Gasteiger partial charge in [-0.2, -0.15) is 0 Å². The third kappa shape index (κ3) is 4.12. The largest absolute Gasteiger partial charge is 0.326 e. The number of thiazole rings is 1. The van der Waals surface area contributed by atoms with E-state index < -0.39 is 5.92 Å². The highest BCUT2D eigenvalue weighted by Crippen LogP contribution is 2.32. The Bertz CT molecular complexity index is 1360. The van der Waals surface area contributed by atoms with E-state index in [1.165, 1.54) is 16.9 Å². The Labute approximate surface area is 196 Å². The molecule has 4 aromatic rings. The van der Waals surface area contributed by atoms with Crippen molar-refractivity contribution in [2.45, 2.75) is 27.2 Å². The number of amides is 2. The first-order chi connectivity index (χ1) is 15.9. The molecule has 1 fully saturated rings. The standard InChI is InChI=1S/C26H24N4O2S/c1-15-7-9-20(11-17(15)3)30-14-19(13-23(30)31)24(32)28-22-12-18(8-6-16(22)2)25-29-21-5-4-10-27-26(21)33-25/h4-12,19H,13-14H2,1-3H3,(H,28,32). The summed E-state index contributed by atoms with van der Waals surface area (Å²) >= 11 is 1.52. The molecule has 0 aliphatic carbocycles. The number of pyridine rings is 1. The molecule has 1 saturated heterocycles. The van der Waals surface area contributed by atoms with E-state index >= 15 is 0 Å². The van der Waals surface area contributed by atoms with E-state index in [-0.39, 0.29) is 18.2 Å². The molecule has 6 nitrogen and oxygen atoms in total. The number of hydrogen-bond donors (Lipinski definition) is 1. The fourth-order valence-electron chi connectivity index (χ4n) is 4.04. The van der Waals surface area contributed by atoms with Gasteiger partial charge in [0.25, 0.3) is 0 Å². The number of aromatic nitrogens is 2. The first kappa shape index (κ1) is 21.3. The molecule has 0 radical (unpaired) electrons. The number of hydrogen-bond acceptors (Lipinski definition) is 5. The Morgan fingerprint density at radius 2 is 1.88 bits per heavy atom. The highest BCUT2D eigenvalue weighted by Gasteiger charge is 2.35. The normalized spacial score (nSPS) is 15.9. The van der Waals surface area contributed by atoms with Crippen LogP contribution >= 0.6 is 11.3 Å². The van der Waals surface area contributed by atoms with Gasteiger partial charge in [-0.15, -0.1) is 0 Å². The second-order valence-corrected chi connectivity index (χ2v) is 9.52. The van der Waals surface area contributed by atoms with E-state index in [0.717, 1.165) is 43.4 Å². The summed E-state index contributed by atoms with van der Waals surface area (Å²) in [6, 6.07) is 15.7. The number of fused-ring (bicyclic) bond motifs is 1. The second kappa shape index (κ2) is 8.41. The van der Waals surface area contributed by atoms with Gasteiger partial charge in [0.15, 0.2) is 0 Å². The third-order valence-corrected chi connectivity index (χ3v) is 7.24. The Balaban J connectivity index is 1.35. The van der Waals surface area contributed by atoms with Crippen LogP contribution in [0.1, 0.15) is 23.1 Å². The Morgan fingerprint density at radius 1 is 1.06 bits per heavy atom. The molecule has 1 unspecified atom stereocenters. The van der Waals surface area contributed by atoms with Gasteiger partial charge in [0.05, 0.1) is 5.92 Å². The van der Waals surface area contributed by atoms with Crippen LogP contribution in [0.3, 0.4) is 0 Å². The number of nitrogens with one attached hydrogen (secondary N) is 1. The van der Waals surface area contributed by atoms with Gasteiger partial charge in [-0.25, -0.2) is 9.97 Å². The lowest BCUT2D eigenvalue weighted by Gasteiger charge is -2.18. The number of nitrogens with zero attached hydrogens (tertiary/aromatic N) is 3.